The average Bonchev–Trinajstić information content (AvgIpc) is 2.25. The first-order chi connectivity index (χ1) is 7.99. The van der Waals surface area contributed by atoms with E-state index < -0.39 is 0 Å². The largest absolute Gasteiger partial charge is 0.314 e. The zero-order chi connectivity index (χ0) is 13.1. The number of unbranched alkanes of at least 4 members (excludes halogenated alkanes) is 3. The van der Waals surface area contributed by atoms with Crippen LogP contribution in [0.25, 0.3) is 0 Å². The zero-order valence-corrected chi connectivity index (χ0v) is 12.9. The summed E-state index contributed by atoms with van der Waals surface area (Å²) in [6, 6.07) is 0.756. The van der Waals surface area contributed by atoms with Gasteiger partial charge in [-0.2, -0.15) is 0 Å². The van der Waals surface area contributed by atoms with Crippen molar-refractivity contribution in [1.82, 2.24) is 5.32 Å². The molecule has 1 N–H and O–H groups in total. The van der Waals surface area contributed by atoms with Crippen molar-refractivity contribution in [2.75, 3.05) is 6.54 Å². The van der Waals surface area contributed by atoms with Gasteiger partial charge in [-0.3, -0.25) is 0 Å². The molecular formula is C16H35N. The summed E-state index contributed by atoms with van der Waals surface area (Å²) >= 11 is 0. The minimum Gasteiger partial charge on any atom is -0.314 e. The van der Waals surface area contributed by atoms with E-state index in [0.29, 0.717) is 5.41 Å². The van der Waals surface area contributed by atoms with Crippen molar-refractivity contribution in [3.8, 4) is 0 Å². The summed E-state index contributed by atoms with van der Waals surface area (Å²) in [6.45, 7) is 12.8. The fraction of sp³-hybridized carbons (Fsp3) is 1.00. The second-order valence-corrected chi connectivity index (χ2v) is 6.60. The van der Waals surface area contributed by atoms with Crippen LogP contribution in [-0.4, -0.2) is 12.6 Å². The Kier molecular flexibility index (Phi) is 9.91. The van der Waals surface area contributed by atoms with Crippen LogP contribution >= 0.6 is 0 Å². The number of hydrogen-bond donors (Lipinski definition) is 1. The van der Waals surface area contributed by atoms with Crippen LogP contribution in [0.4, 0.5) is 0 Å². The highest BCUT2D eigenvalue weighted by atomic mass is 14.9. The van der Waals surface area contributed by atoms with Gasteiger partial charge in [-0.15, -0.1) is 0 Å². The molecule has 0 saturated carbocycles. The summed E-state index contributed by atoms with van der Waals surface area (Å²) in [6.07, 6.45) is 10.9. The van der Waals surface area contributed by atoms with Crippen molar-refractivity contribution in [2.45, 2.75) is 92.0 Å². The fourth-order valence-corrected chi connectivity index (χ4v) is 2.12. The molecule has 17 heavy (non-hydrogen) atoms. The highest BCUT2D eigenvalue weighted by molar-refractivity contribution is 4.71. The van der Waals surface area contributed by atoms with Gasteiger partial charge in [-0.05, 0) is 37.6 Å². The number of nitrogens with one attached hydrogen (secondary N) is 1. The Balaban J connectivity index is 3.79. The molecule has 0 aliphatic heterocycles. The van der Waals surface area contributed by atoms with Crippen molar-refractivity contribution in [1.29, 1.82) is 0 Å². The third-order valence-electron chi connectivity index (χ3n) is 3.33. The predicted molar refractivity (Wildman–Crippen MR) is 79.5 cm³/mol. The Morgan fingerprint density at radius 3 is 2.12 bits per heavy atom. The van der Waals surface area contributed by atoms with Crippen molar-refractivity contribution >= 4 is 0 Å². The highest BCUT2D eigenvalue weighted by Crippen LogP contribution is 2.23. The van der Waals surface area contributed by atoms with E-state index in [0.717, 1.165) is 6.04 Å². The summed E-state index contributed by atoms with van der Waals surface area (Å²) in [5, 5.41) is 3.72. The zero-order valence-electron chi connectivity index (χ0n) is 12.9. The van der Waals surface area contributed by atoms with Crippen LogP contribution in [0.5, 0.6) is 0 Å². The van der Waals surface area contributed by atoms with Gasteiger partial charge in [0.1, 0.15) is 0 Å². The molecule has 1 atom stereocenters. The number of hydrogen-bond acceptors (Lipinski definition) is 1. The van der Waals surface area contributed by atoms with Crippen LogP contribution in [0.3, 0.4) is 0 Å². The lowest BCUT2D eigenvalue weighted by atomic mass is 9.87. The molecule has 0 amide bonds. The Hall–Kier alpha value is -0.0400. The van der Waals surface area contributed by atoms with E-state index in [4.69, 9.17) is 0 Å². The maximum atomic E-state index is 3.72. The second-order valence-electron chi connectivity index (χ2n) is 6.60. The molecule has 0 aromatic carbocycles. The molecule has 0 aromatic heterocycles. The molecule has 1 nitrogen and oxygen atoms in total. The SMILES string of the molecule is CCCCCCC(CCC(C)(C)C)NCCC. The third-order valence-corrected chi connectivity index (χ3v) is 3.33. The monoisotopic (exact) mass is 241 g/mol. The van der Waals surface area contributed by atoms with Gasteiger partial charge in [0.2, 0.25) is 0 Å². The van der Waals surface area contributed by atoms with Gasteiger partial charge in [-0.25, -0.2) is 0 Å². The smallest absolute Gasteiger partial charge is 0.00672 e. The van der Waals surface area contributed by atoms with E-state index in [2.05, 4.69) is 39.9 Å². The Labute approximate surface area is 110 Å². The first-order valence-electron chi connectivity index (χ1n) is 7.73. The van der Waals surface area contributed by atoms with Gasteiger partial charge in [0, 0.05) is 6.04 Å². The van der Waals surface area contributed by atoms with Crippen LogP contribution < -0.4 is 5.32 Å². The van der Waals surface area contributed by atoms with E-state index in [1.165, 1.54) is 57.9 Å². The molecule has 0 bridgehead atoms. The van der Waals surface area contributed by atoms with Crippen LogP contribution in [0.2, 0.25) is 0 Å². The minimum absolute atomic E-state index is 0.482. The molecule has 1 heteroatoms. The second kappa shape index (κ2) is 9.94. The van der Waals surface area contributed by atoms with Gasteiger partial charge in [0.25, 0.3) is 0 Å². The third kappa shape index (κ3) is 12.2. The Bertz CT molecular complexity index is 157. The van der Waals surface area contributed by atoms with Gasteiger partial charge < -0.3 is 5.32 Å². The van der Waals surface area contributed by atoms with E-state index in [1.807, 2.05) is 0 Å². The molecule has 0 spiro atoms. The molecule has 0 radical (unpaired) electrons. The highest BCUT2D eigenvalue weighted by Gasteiger charge is 2.14. The molecule has 0 aliphatic carbocycles. The molecule has 0 aliphatic rings. The average molecular weight is 241 g/mol. The lowest BCUT2D eigenvalue weighted by Crippen LogP contribution is -2.30. The Morgan fingerprint density at radius 2 is 1.59 bits per heavy atom. The van der Waals surface area contributed by atoms with Crippen molar-refractivity contribution in [3.63, 3.8) is 0 Å². The molecule has 0 saturated heterocycles. The van der Waals surface area contributed by atoms with E-state index >= 15 is 0 Å². The van der Waals surface area contributed by atoms with E-state index in [9.17, 15) is 0 Å². The van der Waals surface area contributed by atoms with Crippen molar-refractivity contribution in [3.05, 3.63) is 0 Å². The van der Waals surface area contributed by atoms with Crippen molar-refractivity contribution < 1.29 is 0 Å². The predicted octanol–water partition coefficient (Wildman–Crippen LogP) is 5.15. The first-order valence-corrected chi connectivity index (χ1v) is 7.73. The molecule has 0 heterocycles. The summed E-state index contributed by atoms with van der Waals surface area (Å²) < 4.78 is 0. The molecular weight excluding hydrogens is 206 g/mol. The maximum absolute atomic E-state index is 3.72. The van der Waals surface area contributed by atoms with Crippen LogP contribution in [-0.2, 0) is 0 Å². The first kappa shape index (κ1) is 17.0. The van der Waals surface area contributed by atoms with Crippen LogP contribution in [0.1, 0.15) is 86.0 Å². The summed E-state index contributed by atoms with van der Waals surface area (Å²) in [7, 11) is 0. The van der Waals surface area contributed by atoms with Gasteiger partial charge in [0.05, 0.1) is 0 Å². The van der Waals surface area contributed by atoms with E-state index in [-0.39, 0.29) is 0 Å². The normalized spacial score (nSPS) is 13.9. The lowest BCUT2D eigenvalue weighted by molar-refractivity contribution is 0.319. The molecule has 104 valence electrons. The molecule has 0 fully saturated rings. The van der Waals surface area contributed by atoms with Crippen LogP contribution in [0, 0.1) is 5.41 Å². The molecule has 0 rings (SSSR count). The molecule has 0 aromatic rings. The summed E-state index contributed by atoms with van der Waals surface area (Å²) in [4.78, 5) is 0. The molecule has 1 unspecified atom stereocenters. The topological polar surface area (TPSA) is 12.0 Å². The van der Waals surface area contributed by atoms with Crippen LogP contribution in [0.15, 0.2) is 0 Å². The van der Waals surface area contributed by atoms with E-state index in [1.54, 1.807) is 0 Å². The van der Waals surface area contributed by atoms with Crippen molar-refractivity contribution in [2.24, 2.45) is 5.41 Å². The fourth-order valence-electron chi connectivity index (χ4n) is 2.12. The van der Waals surface area contributed by atoms with Gasteiger partial charge in [-0.1, -0.05) is 60.3 Å². The maximum Gasteiger partial charge on any atom is 0.00672 e. The quantitative estimate of drug-likeness (QED) is 0.521. The summed E-state index contributed by atoms with van der Waals surface area (Å²) in [5.41, 5.74) is 0.482. The number of rotatable bonds is 10. The standard InChI is InChI=1S/C16H35N/c1-6-8-9-10-11-15(17-14-7-2)12-13-16(3,4)5/h15,17H,6-14H2,1-5H3. The summed E-state index contributed by atoms with van der Waals surface area (Å²) in [5.74, 6) is 0. The lowest BCUT2D eigenvalue weighted by Gasteiger charge is -2.24. The minimum atomic E-state index is 0.482. The van der Waals surface area contributed by atoms with Gasteiger partial charge in [0.15, 0.2) is 0 Å². The Morgan fingerprint density at radius 1 is 0.882 bits per heavy atom. The van der Waals surface area contributed by atoms with Gasteiger partial charge >= 0.3 is 0 Å².